The molecule has 0 spiro atoms. The summed E-state index contributed by atoms with van der Waals surface area (Å²) < 4.78 is 20.1. The minimum atomic E-state index is -0.812. The number of anilines is 3. The van der Waals surface area contributed by atoms with Crippen LogP contribution in [-0.2, 0) is 26.1 Å². The normalized spacial score (nSPS) is 22.8. The number of phenols is 1. The molecule has 4 atom stereocenters. The summed E-state index contributed by atoms with van der Waals surface area (Å²) in [4.78, 5) is 51.4. The molecule has 10 rings (SSSR count). The smallest absolute Gasteiger partial charge is 0.410 e. The number of likely N-dealkylation sites (tertiary alicyclic amines) is 2. The number of carbonyl (C=O) groups excluding carboxylic acids is 3. The van der Waals surface area contributed by atoms with E-state index in [-0.39, 0.29) is 66.9 Å². The van der Waals surface area contributed by atoms with Crippen molar-refractivity contribution in [2.45, 2.75) is 108 Å². The first-order valence-electron chi connectivity index (χ1n) is 26.8. The van der Waals surface area contributed by atoms with E-state index in [0.717, 1.165) is 86.7 Å². The predicted molar refractivity (Wildman–Crippen MR) is 282 cm³/mol. The first kappa shape index (κ1) is 51.7. The summed E-state index contributed by atoms with van der Waals surface area (Å²) in [6, 6.07) is 19.5. The van der Waals surface area contributed by atoms with E-state index in [1.54, 1.807) is 29.3 Å². The highest BCUT2D eigenvalue weighted by molar-refractivity contribution is 5.91. The van der Waals surface area contributed by atoms with Crippen LogP contribution < -0.4 is 20.9 Å². The number of phenolic OH excluding ortho intramolecular Hbond substituents is 1. The monoisotopic (exact) mass is 1030 g/mol. The Labute approximate surface area is 438 Å². The Bertz CT molecular complexity index is 2760. The summed E-state index contributed by atoms with van der Waals surface area (Å²) in [6.07, 6.45) is 6.42. The van der Waals surface area contributed by atoms with Crippen molar-refractivity contribution in [1.29, 1.82) is 0 Å². The van der Waals surface area contributed by atoms with E-state index >= 15 is 0 Å². The third kappa shape index (κ3) is 11.7. The molecule has 5 aliphatic rings. The molecule has 5 aromatic rings. The molecule has 20 heteroatoms. The lowest BCUT2D eigenvalue weighted by atomic mass is 9.91. The fraction of sp³-hybridized carbons (Fsp3) is 0.545. The van der Waals surface area contributed by atoms with Gasteiger partial charge in [0.05, 0.1) is 41.4 Å². The van der Waals surface area contributed by atoms with Crippen LogP contribution in [0.4, 0.5) is 22.1 Å². The number of amides is 3. The van der Waals surface area contributed by atoms with Crippen molar-refractivity contribution >= 4 is 35.2 Å². The van der Waals surface area contributed by atoms with Gasteiger partial charge in [0.1, 0.15) is 23.8 Å². The third-order valence-corrected chi connectivity index (χ3v) is 16.1. The molecule has 400 valence electrons. The Morgan fingerprint density at radius 1 is 0.840 bits per heavy atom. The van der Waals surface area contributed by atoms with E-state index in [4.69, 9.17) is 19.7 Å². The van der Waals surface area contributed by atoms with E-state index in [0.29, 0.717) is 67.8 Å². The zero-order valence-electron chi connectivity index (χ0n) is 43.5. The number of hydrogen-bond donors (Lipinski definition) is 4. The van der Waals surface area contributed by atoms with Crippen LogP contribution in [0.25, 0.3) is 22.5 Å². The number of nitrogen functional groups attached to an aromatic ring is 1. The van der Waals surface area contributed by atoms with E-state index in [2.05, 4.69) is 40.5 Å². The molecular formula is C55H72N12O8. The fourth-order valence-corrected chi connectivity index (χ4v) is 11.5. The lowest BCUT2D eigenvalue weighted by Crippen LogP contribution is -2.51. The number of nitrogens with two attached hydrogens (primary N) is 1. The summed E-state index contributed by atoms with van der Waals surface area (Å²) in [7, 11) is 1.90. The van der Waals surface area contributed by atoms with Crippen molar-refractivity contribution in [1.82, 2.24) is 45.2 Å². The second-order valence-corrected chi connectivity index (χ2v) is 21.6. The van der Waals surface area contributed by atoms with Crippen LogP contribution in [0.1, 0.15) is 89.0 Å². The SMILES string of the molecule is CC(C)[C@H](C(=O)N1C[C@H](O)C[C@H]1C(=O)N[C@@H](C)c1ccc(-c2ccnn2C)cc1)c1cc(N2CCC(CN3CCC(O[C@H]4C[C@H](OC(=O)N5CCN(c6cc(-c7ccccc7O)nnc6N)CC5)C4)CC3)CC2)no1. The Morgan fingerprint density at radius 2 is 1.57 bits per heavy atom. The number of aryl methyl sites for hydroxylation is 1. The largest absolute Gasteiger partial charge is 0.507 e. The average molecular weight is 1030 g/mol. The molecule has 4 aliphatic heterocycles. The topological polar surface area (TPSA) is 234 Å². The quantitative estimate of drug-likeness (QED) is 0.100. The van der Waals surface area contributed by atoms with Gasteiger partial charge in [0.2, 0.25) is 11.8 Å². The van der Waals surface area contributed by atoms with Crippen LogP contribution in [0.5, 0.6) is 5.75 Å². The number of nitrogens with one attached hydrogen (secondary N) is 1. The summed E-state index contributed by atoms with van der Waals surface area (Å²) in [6.45, 7) is 12.8. The number of aromatic nitrogens is 5. The van der Waals surface area contributed by atoms with Crippen molar-refractivity contribution in [3.8, 4) is 28.3 Å². The molecule has 0 radical (unpaired) electrons. The number of nitrogens with zero attached hydrogens (tertiary/aromatic N) is 10. The minimum absolute atomic E-state index is 0.0739. The summed E-state index contributed by atoms with van der Waals surface area (Å²) >= 11 is 0. The number of para-hydroxylation sites is 1. The standard InChI is InChI=1S/C55H72N12O8/c1-34(2)51(54(71)67-33-39(68)27-47(67)53(70)58-35(3)37-9-11-38(12-10-37)45-13-18-57-62(45)4)49-31-50(61-75-49)65-21-14-36(15-22-65)32-63-19-16-40(17-20-63)73-41-28-42(29-41)74-55(72)66-25-23-64(24-26-66)46-30-44(59-60-52(46)56)43-7-5-6-8-48(43)69/h5-13,18,30-31,34-36,39-42,47,51,68-69H,14-17,19-29,32-33H2,1-4H3,(H2,56,60)(H,58,70)/t35-,39+,41-,42-,47-,51-/m0/s1. The third-order valence-electron chi connectivity index (χ3n) is 16.1. The lowest BCUT2D eigenvalue weighted by molar-refractivity contribution is -0.141. The number of ether oxygens (including phenoxy) is 2. The van der Waals surface area contributed by atoms with E-state index in [1.807, 2.05) is 81.0 Å². The summed E-state index contributed by atoms with van der Waals surface area (Å²) in [5.41, 5.74) is 11.0. The number of piperidine rings is 2. The maximum absolute atomic E-state index is 14.4. The van der Waals surface area contributed by atoms with Gasteiger partial charge in [-0.2, -0.15) is 5.10 Å². The van der Waals surface area contributed by atoms with Gasteiger partial charge in [-0.15, -0.1) is 10.2 Å². The van der Waals surface area contributed by atoms with Crippen molar-refractivity contribution < 1.29 is 38.6 Å². The van der Waals surface area contributed by atoms with E-state index in [1.165, 1.54) is 4.90 Å². The van der Waals surface area contributed by atoms with E-state index < -0.39 is 18.1 Å². The zero-order chi connectivity index (χ0) is 52.3. The molecule has 3 amide bonds. The molecular weight excluding hydrogens is 957 g/mol. The fourth-order valence-electron chi connectivity index (χ4n) is 11.5. The molecule has 1 saturated carbocycles. The van der Waals surface area contributed by atoms with Gasteiger partial charge in [-0.25, -0.2) is 4.79 Å². The summed E-state index contributed by atoms with van der Waals surface area (Å²) in [5.74, 6) is 0.820. The maximum Gasteiger partial charge on any atom is 0.410 e. The number of carbonyl (C=O) groups is 3. The van der Waals surface area contributed by atoms with Gasteiger partial charge in [0.15, 0.2) is 17.4 Å². The first-order valence-corrected chi connectivity index (χ1v) is 26.8. The molecule has 0 unspecified atom stereocenters. The van der Waals surface area contributed by atoms with Gasteiger partial charge >= 0.3 is 6.09 Å². The molecule has 20 nitrogen and oxygen atoms in total. The number of β-amino-alcohol motifs (C(OH)–C–C–N with tert-alkyl or cyclic N) is 1. The minimum Gasteiger partial charge on any atom is -0.507 e. The van der Waals surface area contributed by atoms with Gasteiger partial charge < -0.3 is 59.8 Å². The number of piperazine rings is 1. The number of rotatable bonds is 15. The Balaban J connectivity index is 0.624. The lowest BCUT2D eigenvalue weighted by Gasteiger charge is -2.41. The Morgan fingerprint density at radius 3 is 2.27 bits per heavy atom. The highest BCUT2D eigenvalue weighted by Gasteiger charge is 2.44. The van der Waals surface area contributed by atoms with Gasteiger partial charge in [0, 0.05) is 110 Å². The molecule has 7 heterocycles. The van der Waals surface area contributed by atoms with Crippen molar-refractivity contribution in [3.05, 3.63) is 84.3 Å². The van der Waals surface area contributed by atoms with Gasteiger partial charge in [-0.3, -0.25) is 14.3 Å². The van der Waals surface area contributed by atoms with Crippen LogP contribution in [0.15, 0.2) is 77.4 Å². The average Bonchev–Trinajstić information content (AvgIpc) is 4.17. The molecule has 75 heavy (non-hydrogen) atoms. The highest BCUT2D eigenvalue weighted by Crippen LogP contribution is 2.36. The van der Waals surface area contributed by atoms with Crippen molar-refractivity contribution in [2.75, 3.05) is 81.0 Å². The van der Waals surface area contributed by atoms with E-state index in [9.17, 15) is 24.6 Å². The zero-order valence-corrected chi connectivity index (χ0v) is 43.5. The van der Waals surface area contributed by atoms with Gasteiger partial charge in [0.25, 0.3) is 0 Å². The second-order valence-electron chi connectivity index (χ2n) is 21.6. The Hall–Kier alpha value is -6.77. The maximum atomic E-state index is 14.4. The van der Waals surface area contributed by atoms with Crippen LogP contribution in [0.2, 0.25) is 0 Å². The Kier molecular flexibility index (Phi) is 15.6. The molecule has 1 aliphatic carbocycles. The predicted octanol–water partition coefficient (Wildman–Crippen LogP) is 5.59. The second kappa shape index (κ2) is 22.6. The molecule has 0 bridgehead atoms. The highest BCUT2D eigenvalue weighted by atomic mass is 16.6. The number of aliphatic hydroxyl groups excluding tert-OH is 1. The number of hydrogen-bond acceptors (Lipinski definition) is 16. The molecule has 4 saturated heterocycles. The van der Waals surface area contributed by atoms with Crippen LogP contribution >= 0.6 is 0 Å². The first-order chi connectivity index (χ1) is 36.2. The molecule has 5 fully saturated rings. The summed E-state index contributed by atoms with van der Waals surface area (Å²) in [5, 5.41) is 41.2. The van der Waals surface area contributed by atoms with Gasteiger partial charge in [-0.05, 0) is 79.8 Å². The number of aromatic hydroxyl groups is 1. The number of aliphatic hydroxyl groups is 1. The van der Waals surface area contributed by atoms with Crippen LogP contribution in [-0.4, -0.2) is 164 Å². The van der Waals surface area contributed by atoms with Crippen LogP contribution in [0, 0.1) is 11.8 Å². The van der Waals surface area contributed by atoms with Crippen LogP contribution in [0.3, 0.4) is 0 Å². The van der Waals surface area contributed by atoms with Gasteiger partial charge in [-0.1, -0.05) is 55.4 Å². The molecule has 5 N–H and O–H groups in total. The molecule has 2 aromatic carbocycles. The molecule has 3 aromatic heterocycles. The van der Waals surface area contributed by atoms with Crippen molar-refractivity contribution in [3.63, 3.8) is 0 Å². The number of benzene rings is 2. The van der Waals surface area contributed by atoms with Crippen molar-refractivity contribution in [2.24, 2.45) is 18.9 Å².